The van der Waals surface area contributed by atoms with Crippen LogP contribution in [-0.2, 0) is 4.79 Å². The number of hydrogen-bond donors (Lipinski definition) is 0. The van der Waals surface area contributed by atoms with Crippen molar-refractivity contribution in [3.05, 3.63) is 0 Å². The van der Waals surface area contributed by atoms with Crippen molar-refractivity contribution in [2.45, 2.75) is 47.5 Å². The van der Waals surface area contributed by atoms with Crippen LogP contribution < -0.4 is 0 Å². The van der Waals surface area contributed by atoms with E-state index in [9.17, 15) is 4.79 Å². The fourth-order valence-corrected chi connectivity index (χ4v) is 0.795. The zero-order valence-corrected chi connectivity index (χ0v) is 8.40. The highest BCUT2D eigenvalue weighted by atomic mass is 16.1. The fraction of sp³-hybridized carbons (Fsp3) is 0.900. The molecule has 66 valence electrons. The molecule has 0 amide bonds. The fourth-order valence-electron chi connectivity index (χ4n) is 0.795. The van der Waals surface area contributed by atoms with Gasteiger partial charge in [-0.2, -0.15) is 0 Å². The molecule has 0 aromatic carbocycles. The van der Waals surface area contributed by atoms with Crippen LogP contribution in [0.1, 0.15) is 47.5 Å². The third-order valence-electron chi connectivity index (χ3n) is 2.92. The van der Waals surface area contributed by atoms with Crippen molar-refractivity contribution < 1.29 is 4.79 Å². The largest absolute Gasteiger partial charge is 0.303 e. The summed E-state index contributed by atoms with van der Waals surface area (Å²) in [6.45, 7) is 11.1. The third-order valence-corrected chi connectivity index (χ3v) is 2.92. The molecular formula is C10H20O. The summed E-state index contributed by atoms with van der Waals surface area (Å²) in [4.78, 5) is 10.2. The molecule has 1 nitrogen and oxygen atoms in total. The summed E-state index contributed by atoms with van der Waals surface area (Å²) in [7, 11) is 0. The maximum Gasteiger partial charge on any atom is 0.120 e. The van der Waals surface area contributed by atoms with E-state index in [4.69, 9.17) is 0 Å². The molecule has 0 aliphatic rings. The van der Waals surface area contributed by atoms with E-state index in [0.717, 1.165) is 12.7 Å². The first-order chi connectivity index (χ1) is 4.81. The van der Waals surface area contributed by atoms with Crippen molar-refractivity contribution in [1.29, 1.82) is 0 Å². The van der Waals surface area contributed by atoms with E-state index in [1.807, 2.05) is 0 Å². The quantitative estimate of drug-likeness (QED) is 0.574. The Hall–Kier alpha value is -0.330. The first-order valence-corrected chi connectivity index (χ1v) is 4.25. The van der Waals surface area contributed by atoms with Crippen LogP contribution in [0.25, 0.3) is 0 Å². The van der Waals surface area contributed by atoms with Gasteiger partial charge in [0.15, 0.2) is 0 Å². The van der Waals surface area contributed by atoms with Gasteiger partial charge in [0, 0.05) is 6.42 Å². The Morgan fingerprint density at radius 1 is 1.09 bits per heavy atom. The van der Waals surface area contributed by atoms with Crippen LogP contribution in [0.15, 0.2) is 0 Å². The highest BCUT2D eigenvalue weighted by Gasteiger charge is 2.31. The molecule has 0 bridgehead atoms. The molecule has 0 aliphatic carbocycles. The van der Waals surface area contributed by atoms with Crippen molar-refractivity contribution in [3.63, 3.8) is 0 Å². The second-order valence-electron chi connectivity index (χ2n) is 4.84. The lowest BCUT2D eigenvalue weighted by atomic mass is 9.67. The van der Waals surface area contributed by atoms with Crippen LogP contribution in [-0.4, -0.2) is 6.29 Å². The first kappa shape index (κ1) is 10.7. The van der Waals surface area contributed by atoms with Gasteiger partial charge in [-0.15, -0.1) is 0 Å². The number of carbonyl (C=O) groups excluding carboxylic acids is 1. The van der Waals surface area contributed by atoms with Gasteiger partial charge >= 0.3 is 0 Å². The summed E-state index contributed by atoms with van der Waals surface area (Å²) in [5, 5.41) is 0. The minimum atomic E-state index is 0.258. The Balaban J connectivity index is 4.10. The summed E-state index contributed by atoms with van der Waals surface area (Å²) in [6, 6.07) is 0. The summed E-state index contributed by atoms with van der Waals surface area (Å²) < 4.78 is 0. The van der Waals surface area contributed by atoms with Crippen molar-refractivity contribution in [2.24, 2.45) is 10.8 Å². The van der Waals surface area contributed by atoms with E-state index in [-0.39, 0.29) is 10.8 Å². The van der Waals surface area contributed by atoms with E-state index in [0.29, 0.717) is 6.42 Å². The van der Waals surface area contributed by atoms with Crippen molar-refractivity contribution in [1.82, 2.24) is 0 Å². The molecule has 0 saturated carbocycles. The Labute approximate surface area is 70.2 Å². The smallest absolute Gasteiger partial charge is 0.120 e. The van der Waals surface area contributed by atoms with Gasteiger partial charge in [0.25, 0.3) is 0 Å². The number of rotatable bonds is 3. The minimum absolute atomic E-state index is 0.258. The summed E-state index contributed by atoms with van der Waals surface area (Å²) in [5.74, 6) is 0. The van der Waals surface area contributed by atoms with Crippen molar-refractivity contribution in [3.8, 4) is 0 Å². The molecule has 0 unspecified atom stereocenters. The molecule has 1 heteroatoms. The third kappa shape index (κ3) is 3.04. The summed E-state index contributed by atoms with van der Waals surface area (Å²) in [6.07, 6.45) is 2.68. The van der Waals surface area contributed by atoms with Crippen LogP contribution in [0.2, 0.25) is 0 Å². The van der Waals surface area contributed by atoms with E-state index < -0.39 is 0 Å². The minimum Gasteiger partial charge on any atom is -0.303 e. The lowest BCUT2D eigenvalue weighted by Gasteiger charge is -2.38. The van der Waals surface area contributed by atoms with Crippen molar-refractivity contribution in [2.75, 3.05) is 0 Å². The average molecular weight is 156 g/mol. The molecule has 0 N–H and O–H groups in total. The van der Waals surface area contributed by atoms with Gasteiger partial charge in [-0.1, -0.05) is 34.6 Å². The van der Waals surface area contributed by atoms with Crippen LogP contribution >= 0.6 is 0 Å². The molecular weight excluding hydrogens is 136 g/mol. The standard InChI is InChI=1S/C10H20O/c1-9(2,3)10(4,5)7-6-8-11/h8H,6-7H2,1-5H3. The molecule has 0 spiro atoms. The molecule has 0 aliphatic heterocycles. The molecule has 0 saturated heterocycles. The molecule has 0 fully saturated rings. The highest BCUT2D eigenvalue weighted by molar-refractivity contribution is 5.49. The van der Waals surface area contributed by atoms with Gasteiger partial charge in [-0.05, 0) is 17.3 Å². The van der Waals surface area contributed by atoms with Crippen LogP contribution in [0.4, 0.5) is 0 Å². The topological polar surface area (TPSA) is 17.1 Å². The lowest BCUT2D eigenvalue weighted by molar-refractivity contribution is -0.108. The predicted molar refractivity (Wildman–Crippen MR) is 48.5 cm³/mol. The predicted octanol–water partition coefficient (Wildman–Crippen LogP) is 3.04. The van der Waals surface area contributed by atoms with E-state index in [1.54, 1.807) is 0 Å². The zero-order valence-electron chi connectivity index (χ0n) is 8.40. The summed E-state index contributed by atoms with van der Waals surface area (Å²) in [5.41, 5.74) is 0.546. The number of aldehydes is 1. The Morgan fingerprint density at radius 2 is 1.55 bits per heavy atom. The maximum absolute atomic E-state index is 10.2. The molecule has 0 rings (SSSR count). The molecule has 0 radical (unpaired) electrons. The van der Waals surface area contributed by atoms with Gasteiger partial charge < -0.3 is 4.79 Å². The van der Waals surface area contributed by atoms with Crippen LogP contribution in [0.3, 0.4) is 0 Å². The SMILES string of the molecule is CC(C)(C)C(C)(C)CCC=O. The maximum atomic E-state index is 10.2. The van der Waals surface area contributed by atoms with Crippen LogP contribution in [0.5, 0.6) is 0 Å². The Kier molecular flexibility index (Phi) is 3.28. The van der Waals surface area contributed by atoms with Gasteiger partial charge in [0.05, 0.1) is 0 Å². The van der Waals surface area contributed by atoms with Gasteiger partial charge in [0.1, 0.15) is 6.29 Å². The van der Waals surface area contributed by atoms with E-state index >= 15 is 0 Å². The van der Waals surface area contributed by atoms with Gasteiger partial charge in [-0.3, -0.25) is 0 Å². The average Bonchev–Trinajstić information content (AvgIpc) is 1.81. The van der Waals surface area contributed by atoms with E-state index in [2.05, 4.69) is 34.6 Å². The van der Waals surface area contributed by atoms with E-state index in [1.165, 1.54) is 0 Å². The summed E-state index contributed by atoms with van der Waals surface area (Å²) >= 11 is 0. The number of carbonyl (C=O) groups is 1. The molecule has 11 heavy (non-hydrogen) atoms. The normalized spacial score (nSPS) is 13.2. The van der Waals surface area contributed by atoms with Crippen molar-refractivity contribution >= 4 is 6.29 Å². The molecule has 0 heterocycles. The second kappa shape index (κ2) is 3.38. The molecule has 0 atom stereocenters. The van der Waals surface area contributed by atoms with Gasteiger partial charge in [0.2, 0.25) is 0 Å². The lowest BCUT2D eigenvalue weighted by Crippen LogP contribution is -2.29. The zero-order chi connectivity index (χ0) is 9.12. The Bertz CT molecular complexity index is 128. The Morgan fingerprint density at radius 3 is 1.82 bits per heavy atom. The molecule has 0 aromatic heterocycles. The molecule has 0 aromatic rings. The number of hydrogen-bond acceptors (Lipinski definition) is 1. The van der Waals surface area contributed by atoms with Gasteiger partial charge in [-0.25, -0.2) is 0 Å². The first-order valence-electron chi connectivity index (χ1n) is 4.25. The monoisotopic (exact) mass is 156 g/mol. The van der Waals surface area contributed by atoms with Crippen LogP contribution in [0, 0.1) is 10.8 Å². The highest BCUT2D eigenvalue weighted by Crippen LogP contribution is 2.41. The second-order valence-corrected chi connectivity index (χ2v) is 4.84.